The van der Waals surface area contributed by atoms with Gasteiger partial charge in [0.2, 0.25) is 0 Å². The molecule has 2 aliphatic rings. The minimum atomic E-state index is -5.08. The van der Waals surface area contributed by atoms with Crippen molar-refractivity contribution in [1.29, 1.82) is 0 Å². The van der Waals surface area contributed by atoms with Crippen molar-refractivity contribution in [2.75, 3.05) is 26.3 Å². The Kier molecular flexibility index (Phi) is 5.36. The minimum absolute atomic E-state index is 0.407. The third kappa shape index (κ3) is 4.79. The van der Waals surface area contributed by atoms with Crippen LogP contribution in [-0.2, 0) is 9.53 Å². The molecule has 5 nitrogen and oxygen atoms in total. The molecule has 1 atom stereocenters. The van der Waals surface area contributed by atoms with Crippen LogP contribution >= 0.6 is 0 Å². The number of likely N-dealkylation sites (tertiary alicyclic amines) is 1. The highest BCUT2D eigenvalue weighted by Crippen LogP contribution is 2.16. The maximum Gasteiger partial charge on any atom is 0.490 e. The lowest BCUT2D eigenvalue weighted by Gasteiger charge is -2.41. The molecular weight excluding hydrogens is 253 g/mol. The molecule has 106 valence electrons. The Morgan fingerprint density at radius 1 is 1.39 bits per heavy atom. The Bertz CT molecular complexity index is 282. The first-order valence-electron chi connectivity index (χ1n) is 5.68. The number of hydrogen-bond acceptors (Lipinski definition) is 4. The van der Waals surface area contributed by atoms with E-state index in [4.69, 9.17) is 20.4 Å². The number of carbonyl (C=O) groups is 1. The van der Waals surface area contributed by atoms with Gasteiger partial charge in [-0.15, -0.1) is 0 Å². The van der Waals surface area contributed by atoms with E-state index in [0.29, 0.717) is 12.1 Å². The summed E-state index contributed by atoms with van der Waals surface area (Å²) < 4.78 is 36.9. The van der Waals surface area contributed by atoms with Crippen LogP contribution in [0.15, 0.2) is 0 Å². The van der Waals surface area contributed by atoms with Gasteiger partial charge in [-0.2, -0.15) is 13.2 Å². The van der Waals surface area contributed by atoms with E-state index in [1.54, 1.807) is 0 Å². The first kappa shape index (κ1) is 15.2. The van der Waals surface area contributed by atoms with E-state index in [-0.39, 0.29) is 0 Å². The number of halogens is 3. The van der Waals surface area contributed by atoms with Crippen molar-refractivity contribution in [2.45, 2.75) is 31.1 Å². The third-order valence-electron chi connectivity index (χ3n) is 2.87. The summed E-state index contributed by atoms with van der Waals surface area (Å²) in [6.45, 7) is 4.15. The van der Waals surface area contributed by atoms with E-state index in [2.05, 4.69) is 4.90 Å². The quantitative estimate of drug-likeness (QED) is 0.723. The Hall–Kier alpha value is -0.860. The van der Waals surface area contributed by atoms with Crippen molar-refractivity contribution in [3.63, 3.8) is 0 Å². The molecule has 3 N–H and O–H groups in total. The topological polar surface area (TPSA) is 75.8 Å². The summed E-state index contributed by atoms with van der Waals surface area (Å²) >= 11 is 0. The van der Waals surface area contributed by atoms with Gasteiger partial charge in [-0.3, -0.25) is 4.90 Å². The maximum absolute atomic E-state index is 10.6. The molecule has 0 spiro atoms. The molecule has 0 aromatic heterocycles. The molecule has 0 amide bonds. The van der Waals surface area contributed by atoms with Crippen LogP contribution in [0.25, 0.3) is 0 Å². The Morgan fingerprint density at radius 2 is 1.94 bits per heavy atom. The average Bonchev–Trinajstić information content (AvgIpc) is 2.14. The first-order chi connectivity index (χ1) is 8.30. The van der Waals surface area contributed by atoms with Crippen molar-refractivity contribution in [3.05, 3.63) is 0 Å². The highest BCUT2D eigenvalue weighted by Gasteiger charge is 2.38. The Labute approximate surface area is 103 Å². The Balaban J connectivity index is 0.000000203. The molecule has 0 saturated carbocycles. The van der Waals surface area contributed by atoms with Gasteiger partial charge in [-0.1, -0.05) is 0 Å². The molecule has 2 saturated heterocycles. The third-order valence-corrected chi connectivity index (χ3v) is 2.87. The van der Waals surface area contributed by atoms with Gasteiger partial charge in [0.15, 0.2) is 0 Å². The molecule has 2 heterocycles. The van der Waals surface area contributed by atoms with Crippen molar-refractivity contribution in [3.8, 4) is 0 Å². The van der Waals surface area contributed by atoms with E-state index in [0.717, 1.165) is 19.8 Å². The fourth-order valence-corrected chi connectivity index (χ4v) is 1.81. The zero-order valence-corrected chi connectivity index (χ0v) is 9.82. The number of hydrogen-bond donors (Lipinski definition) is 2. The summed E-state index contributed by atoms with van der Waals surface area (Å²) in [6, 6.07) is 1.09. The second-order valence-corrected chi connectivity index (χ2v) is 4.39. The summed E-state index contributed by atoms with van der Waals surface area (Å²) in [7, 11) is 0. The molecule has 0 bridgehead atoms. The predicted octanol–water partition coefficient (Wildman–Crippen LogP) is 0.442. The monoisotopic (exact) mass is 270 g/mol. The minimum Gasteiger partial charge on any atom is -0.475 e. The summed E-state index contributed by atoms with van der Waals surface area (Å²) in [4.78, 5) is 11.4. The van der Waals surface area contributed by atoms with Crippen LogP contribution in [0.2, 0.25) is 0 Å². The van der Waals surface area contributed by atoms with Gasteiger partial charge in [0.1, 0.15) is 0 Å². The molecule has 0 radical (unpaired) electrons. The second-order valence-electron chi connectivity index (χ2n) is 4.39. The molecule has 1 unspecified atom stereocenters. The fraction of sp³-hybridized carbons (Fsp3) is 0.900. The highest BCUT2D eigenvalue weighted by atomic mass is 19.4. The van der Waals surface area contributed by atoms with Crippen LogP contribution < -0.4 is 5.73 Å². The smallest absolute Gasteiger partial charge is 0.475 e. The van der Waals surface area contributed by atoms with Crippen LogP contribution in [0.1, 0.15) is 12.8 Å². The SMILES string of the molecule is NC1CCCN(C2COC2)C1.O=C(O)C(F)(F)F. The van der Waals surface area contributed by atoms with Crippen molar-refractivity contribution < 1.29 is 27.8 Å². The maximum atomic E-state index is 10.6. The summed E-state index contributed by atoms with van der Waals surface area (Å²) in [5, 5.41) is 7.12. The lowest BCUT2D eigenvalue weighted by Crippen LogP contribution is -2.55. The zero-order chi connectivity index (χ0) is 13.8. The highest BCUT2D eigenvalue weighted by molar-refractivity contribution is 5.73. The molecule has 8 heteroatoms. The fourth-order valence-electron chi connectivity index (χ4n) is 1.81. The number of nitrogens with two attached hydrogens (primary N) is 1. The number of nitrogens with zero attached hydrogens (tertiary/aromatic N) is 1. The van der Waals surface area contributed by atoms with Gasteiger partial charge in [0, 0.05) is 12.6 Å². The van der Waals surface area contributed by atoms with Crippen LogP contribution in [0.3, 0.4) is 0 Å². The van der Waals surface area contributed by atoms with Crippen LogP contribution in [0.4, 0.5) is 13.2 Å². The normalized spacial score (nSPS) is 25.9. The van der Waals surface area contributed by atoms with E-state index in [1.807, 2.05) is 0 Å². The molecule has 18 heavy (non-hydrogen) atoms. The van der Waals surface area contributed by atoms with Gasteiger partial charge in [0.05, 0.1) is 19.3 Å². The first-order valence-corrected chi connectivity index (χ1v) is 5.68. The number of alkyl halides is 3. The summed E-state index contributed by atoms with van der Waals surface area (Å²) in [5.74, 6) is -2.76. The van der Waals surface area contributed by atoms with Gasteiger partial charge >= 0.3 is 12.1 Å². The summed E-state index contributed by atoms with van der Waals surface area (Å²) in [5.41, 5.74) is 5.86. The van der Waals surface area contributed by atoms with Gasteiger partial charge in [0.25, 0.3) is 0 Å². The standard InChI is InChI=1S/C8H16N2O.C2HF3O2/c9-7-2-1-3-10(4-7)8-5-11-6-8;3-2(4,5)1(6)7/h7-8H,1-6,9H2;(H,6,7). The number of piperidine rings is 1. The van der Waals surface area contributed by atoms with Crippen LogP contribution in [-0.4, -0.2) is 60.5 Å². The summed E-state index contributed by atoms with van der Waals surface area (Å²) in [6.07, 6.45) is -2.62. The van der Waals surface area contributed by atoms with Gasteiger partial charge in [-0.25, -0.2) is 4.79 Å². The molecular formula is C10H17F3N2O3. The number of carboxylic acids is 1. The van der Waals surface area contributed by atoms with E-state index < -0.39 is 12.1 Å². The number of carboxylic acid groups (broad SMARTS) is 1. The largest absolute Gasteiger partial charge is 0.490 e. The second kappa shape index (κ2) is 6.35. The molecule has 0 aliphatic carbocycles. The van der Waals surface area contributed by atoms with Crippen LogP contribution in [0.5, 0.6) is 0 Å². The molecule has 2 rings (SSSR count). The van der Waals surface area contributed by atoms with E-state index >= 15 is 0 Å². The van der Waals surface area contributed by atoms with Crippen molar-refractivity contribution >= 4 is 5.97 Å². The average molecular weight is 270 g/mol. The lowest BCUT2D eigenvalue weighted by molar-refractivity contribution is -0.192. The van der Waals surface area contributed by atoms with E-state index in [1.165, 1.54) is 19.4 Å². The molecule has 0 aromatic rings. The molecule has 2 aliphatic heterocycles. The van der Waals surface area contributed by atoms with Gasteiger partial charge < -0.3 is 15.6 Å². The van der Waals surface area contributed by atoms with Gasteiger partial charge in [-0.05, 0) is 19.4 Å². The predicted molar refractivity (Wildman–Crippen MR) is 57.1 cm³/mol. The molecule has 0 aromatic carbocycles. The lowest BCUT2D eigenvalue weighted by atomic mass is 10.0. The Morgan fingerprint density at radius 3 is 2.28 bits per heavy atom. The van der Waals surface area contributed by atoms with Crippen LogP contribution in [0, 0.1) is 0 Å². The zero-order valence-electron chi connectivity index (χ0n) is 9.82. The number of rotatable bonds is 1. The van der Waals surface area contributed by atoms with Crippen molar-refractivity contribution in [2.24, 2.45) is 5.73 Å². The number of ether oxygens (including phenoxy) is 1. The van der Waals surface area contributed by atoms with Crippen molar-refractivity contribution in [1.82, 2.24) is 4.90 Å². The number of aliphatic carboxylic acids is 1. The van der Waals surface area contributed by atoms with E-state index in [9.17, 15) is 13.2 Å². The molecule has 2 fully saturated rings.